The fraction of sp³-hybridized carbons (Fsp3) is 0.571. The predicted octanol–water partition coefficient (Wildman–Crippen LogP) is -0.311. The molecule has 0 heterocycles. The number of nitrogens with two attached hydrogens (primary N) is 1. The van der Waals surface area contributed by atoms with Gasteiger partial charge in [0.1, 0.15) is 6.04 Å². The summed E-state index contributed by atoms with van der Waals surface area (Å²) >= 11 is 0. The molecule has 0 bridgehead atoms. The average molecular weight is 159 g/mol. The minimum absolute atomic E-state index is 0.165. The lowest BCUT2D eigenvalue weighted by Gasteiger charge is -2.07. The first-order chi connectivity index (χ1) is 5.22. The lowest BCUT2D eigenvalue weighted by molar-refractivity contribution is -0.143. The quantitative estimate of drug-likeness (QED) is 0.339. The zero-order chi connectivity index (χ0) is 8.69. The maximum Gasteiger partial charge on any atom is 0.325 e. The molecule has 0 saturated carbocycles. The summed E-state index contributed by atoms with van der Waals surface area (Å²) in [5.74, 6) is -0.464. The molecule has 0 aromatic carbocycles. The molecule has 2 N–H and O–H groups in total. The van der Waals surface area contributed by atoms with Gasteiger partial charge in [-0.1, -0.05) is 6.08 Å². The zero-order valence-corrected chi connectivity index (χ0v) is 6.58. The Morgan fingerprint density at radius 1 is 1.82 bits per heavy atom. The van der Waals surface area contributed by atoms with Crippen LogP contribution < -0.4 is 5.73 Å². The Morgan fingerprint density at radius 2 is 2.45 bits per heavy atom. The Balaban J connectivity index is 3.43. The molecule has 11 heavy (non-hydrogen) atoms. The van der Waals surface area contributed by atoms with Crippen molar-refractivity contribution in [2.75, 3.05) is 20.3 Å². The molecule has 0 radical (unpaired) electrons. The molecule has 0 fully saturated rings. The highest BCUT2D eigenvalue weighted by Gasteiger charge is 2.12. The van der Waals surface area contributed by atoms with Crippen molar-refractivity contribution in [3.8, 4) is 0 Å². The van der Waals surface area contributed by atoms with Gasteiger partial charge >= 0.3 is 5.97 Å². The van der Waals surface area contributed by atoms with Crippen LogP contribution in [0.3, 0.4) is 0 Å². The van der Waals surface area contributed by atoms with E-state index in [1.807, 2.05) is 0 Å². The lowest BCUT2D eigenvalue weighted by Crippen LogP contribution is -2.36. The van der Waals surface area contributed by atoms with E-state index in [0.29, 0.717) is 6.61 Å². The molecule has 1 atom stereocenters. The van der Waals surface area contributed by atoms with E-state index < -0.39 is 12.0 Å². The third-order valence-electron chi connectivity index (χ3n) is 1.04. The summed E-state index contributed by atoms with van der Waals surface area (Å²) in [4.78, 5) is 10.7. The Bertz CT molecular complexity index is 136. The number of carbonyl (C=O) groups excluding carboxylic acids is 1. The van der Waals surface area contributed by atoms with Crippen LogP contribution in [0.2, 0.25) is 0 Å². The van der Waals surface area contributed by atoms with Crippen LogP contribution in [0.4, 0.5) is 0 Å². The summed E-state index contributed by atoms with van der Waals surface area (Å²) in [6.45, 7) is 4.00. The molecule has 0 aromatic heterocycles. The second kappa shape index (κ2) is 5.88. The Morgan fingerprint density at radius 3 is 2.91 bits per heavy atom. The average Bonchev–Trinajstić information content (AvgIpc) is 2.03. The Labute approximate surface area is 66.0 Å². The third-order valence-corrected chi connectivity index (χ3v) is 1.04. The van der Waals surface area contributed by atoms with Crippen LogP contribution in [0.25, 0.3) is 0 Å². The highest BCUT2D eigenvalue weighted by Crippen LogP contribution is 1.85. The summed E-state index contributed by atoms with van der Waals surface area (Å²) in [6, 6.07) is -0.694. The molecule has 0 rings (SSSR count). The standard InChI is InChI=1S/C7H13NO3/c1-3-4-11-5-6(8)7(9)10-2/h3,6H,1,4-5,8H2,2H3/t6-/m1/s1. The number of esters is 1. The highest BCUT2D eigenvalue weighted by molar-refractivity contribution is 5.75. The molecule has 4 heteroatoms. The van der Waals surface area contributed by atoms with Gasteiger partial charge in [-0.3, -0.25) is 4.79 Å². The minimum atomic E-state index is -0.694. The molecule has 0 aliphatic rings. The third kappa shape index (κ3) is 4.52. The zero-order valence-electron chi connectivity index (χ0n) is 6.58. The fourth-order valence-electron chi connectivity index (χ4n) is 0.498. The molecule has 64 valence electrons. The van der Waals surface area contributed by atoms with E-state index in [9.17, 15) is 4.79 Å². The minimum Gasteiger partial charge on any atom is -0.468 e. The van der Waals surface area contributed by atoms with Crippen LogP contribution in [0.1, 0.15) is 0 Å². The molecule has 4 nitrogen and oxygen atoms in total. The van der Waals surface area contributed by atoms with Crippen molar-refractivity contribution in [2.24, 2.45) is 5.73 Å². The van der Waals surface area contributed by atoms with Gasteiger partial charge in [-0.15, -0.1) is 6.58 Å². The first kappa shape index (κ1) is 10.1. The van der Waals surface area contributed by atoms with Crippen molar-refractivity contribution in [3.05, 3.63) is 12.7 Å². The predicted molar refractivity (Wildman–Crippen MR) is 41.0 cm³/mol. The monoisotopic (exact) mass is 159 g/mol. The van der Waals surface area contributed by atoms with E-state index in [0.717, 1.165) is 0 Å². The van der Waals surface area contributed by atoms with E-state index in [4.69, 9.17) is 10.5 Å². The van der Waals surface area contributed by atoms with E-state index in [-0.39, 0.29) is 6.61 Å². The summed E-state index contributed by atoms with van der Waals surface area (Å²) in [5.41, 5.74) is 5.33. The molecule has 0 unspecified atom stereocenters. The number of ether oxygens (including phenoxy) is 2. The van der Waals surface area contributed by atoms with Crippen molar-refractivity contribution in [1.82, 2.24) is 0 Å². The number of carbonyl (C=O) groups is 1. The molecular weight excluding hydrogens is 146 g/mol. The second-order valence-corrected chi connectivity index (χ2v) is 1.96. The van der Waals surface area contributed by atoms with Gasteiger partial charge in [-0.25, -0.2) is 0 Å². The van der Waals surface area contributed by atoms with E-state index in [2.05, 4.69) is 11.3 Å². The molecule has 0 saturated heterocycles. The van der Waals surface area contributed by atoms with Gasteiger partial charge in [-0.05, 0) is 0 Å². The maximum atomic E-state index is 10.7. The van der Waals surface area contributed by atoms with Gasteiger partial charge in [0.2, 0.25) is 0 Å². The molecule has 0 amide bonds. The van der Waals surface area contributed by atoms with Gasteiger partial charge in [0.15, 0.2) is 0 Å². The molecular formula is C7H13NO3. The van der Waals surface area contributed by atoms with E-state index in [1.54, 1.807) is 6.08 Å². The van der Waals surface area contributed by atoms with Gasteiger partial charge in [0.25, 0.3) is 0 Å². The van der Waals surface area contributed by atoms with Crippen LogP contribution >= 0.6 is 0 Å². The van der Waals surface area contributed by atoms with Crippen LogP contribution in [-0.4, -0.2) is 32.3 Å². The van der Waals surface area contributed by atoms with E-state index in [1.165, 1.54) is 7.11 Å². The molecule has 0 spiro atoms. The van der Waals surface area contributed by atoms with Gasteiger partial charge < -0.3 is 15.2 Å². The van der Waals surface area contributed by atoms with Gasteiger partial charge in [-0.2, -0.15) is 0 Å². The van der Waals surface area contributed by atoms with Crippen molar-refractivity contribution in [1.29, 1.82) is 0 Å². The highest BCUT2D eigenvalue weighted by atomic mass is 16.5. The SMILES string of the molecule is C=CCOC[C@@H](N)C(=O)OC. The first-order valence-corrected chi connectivity index (χ1v) is 3.24. The van der Waals surface area contributed by atoms with E-state index >= 15 is 0 Å². The van der Waals surface area contributed by atoms with Crippen LogP contribution in [-0.2, 0) is 14.3 Å². The number of hydrogen-bond acceptors (Lipinski definition) is 4. The summed E-state index contributed by atoms with van der Waals surface area (Å²) in [6.07, 6.45) is 1.59. The largest absolute Gasteiger partial charge is 0.468 e. The smallest absolute Gasteiger partial charge is 0.325 e. The van der Waals surface area contributed by atoms with Crippen LogP contribution in [0.5, 0.6) is 0 Å². The topological polar surface area (TPSA) is 61.5 Å². The summed E-state index contributed by atoms with van der Waals surface area (Å²) in [5, 5.41) is 0. The molecule has 0 aliphatic heterocycles. The maximum absolute atomic E-state index is 10.7. The van der Waals surface area contributed by atoms with Crippen molar-refractivity contribution in [3.63, 3.8) is 0 Å². The summed E-state index contributed by atoms with van der Waals surface area (Å²) in [7, 11) is 1.29. The lowest BCUT2D eigenvalue weighted by atomic mass is 10.3. The van der Waals surface area contributed by atoms with Crippen molar-refractivity contribution < 1.29 is 14.3 Å². The number of hydrogen-bond donors (Lipinski definition) is 1. The van der Waals surface area contributed by atoms with Crippen molar-refractivity contribution in [2.45, 2.75) is 6.04 Å². The van der Waals surface area contributed by atoms with Gasteiger partial charge in [0, 0.05) is 0 Å². The number of methoxy groups -OCH3 is 1. The molecule has 0 aromatic rings. The summed E-state index contributed by atoms with van der Waals surface area (Å²) < 4.78 is 9.30. The Hall–Kier alpha value is -0.870. The molecule has 0 aliphatic carbocycles. The first-order valence-electron chi connectivity index (χ1n) is 3.24. The van der Waals surface area contributed by atoms with Crippen molar-refractivity contribution >= 4 is 5.97 Å². The fourth-order valence-corrected chi connectivity index (χ4v) is 0.498. The van der Waals surface area contributed by atoms with Crippen LogP contribution in [0.15, 0.2) is 12.7 Å². The Kier molecular flexibility index (Phi) is 5.42. The van der Waals surface area contributed by atoms with Crippen LogP contribution in [0, 0.1) is 0 Å². The van der Waals surface area contributed by atoms with Gasteiger partial charge in [0.05, 0.1) is 20.3 Å². The second-order valence-electron chi connectivity index (χ2n) is 1.96. The number of rotatable bonds is 5. The normalized spacial score (nSPS) is 12.2.